The van der Waals surface area contributed by atoms with E-state index in [-0.39, 0.29) is 12.1 Å². The molecule has 2 atom stereocenters. The molecule has 0 amide bonds. The average molecular weight is 269 g/mol. The molecule has 0 saturated heterocycles. The van der Waals surface area contributed by atoms with Gasteiger partial charge in [-0.05, 0) is 43.9 Å². The summed E-state index contributed by atoms with van der Waals surface area (Å²) in [6.07, 6.45) is 0.863. The highest BCUT2D eigenvalue weighted by Gasteiger charge is 2.13. The van der Waals surface area contributed by atoms with Crippen LogP contribution in [0.3, 0.4) is 0 Å². The monoisotopic (exact) mass is 269 g/mol. The number of aryl methyl sites for hydroxylation is 1. The van der Waals surface area contributed by atoms with Crippen molar-refractivity contribution in [3.8, 4) is 5.75 Å². The minimum Gasteiger partial charge on any atom is -0.485 e. The van der Waals surface area contributed by atoms with Crippen LogP contribution in [0.4, 0.5) is 0 Å². The number of benzene rings is 2. The summed E-state index contributed by atoms with van der Waals surface area (Å²) in [5.74, 6) is 0.973. The van der Waals surface area contributed by atoms with Gasteiger partial charge in [-0.15, -0.1) is 0 Å². The predicted octanol–water partition coefficient (Wildman–Crippen LogP) is 4.02. The third kappa shape index (κ3) is 3.61. The van der Waals surface area contributed by atoms with Gasteiger partial charge >= 0.3 is 0 Å². The quantitative estimate of drug-likeness (QED) is 0.889. The molecule has 2 N–H and O–H groups in total. The van der Waals surface area contributed by atoms with Crippen molar-refractivity contribution >= 4 is 0 Å². The smallest absolute Gasteiger partial charge is 0.126 e. The van der Waals surface area contributed by atoms with Crippen LogP contribution < -0.4 is 10.5 Å². The van der Waals surface area contributed by atoms with Crippen LogP contribution >= 0.6 is 0 Å². The topological polar surface area (TPSA) is 35.2 Å². The van der Waals surface area contributed by atoms with E-state index in [0.717, 1.165) is 17.7 Å². The maximum absolute atomic E-state index is 6.21. The first-order valence-electron chi connectivity index (χ1n) is 7.13. The fourth-order valence-electron chi connectivity index (χ4n) is 2.36. The van der Waals surface area contributed by atoms with Crippen molar-refractivity contribution in [1.82, 2.24) is 0 Å². The fraction of sp³-hybridized carbons (Fsp3) is 0.333. The largest absolute Gasteiger partial charge is 0.485 e. The Balaban J connectivity index is 2.24. The van der Waals surface area contributed by atoms with Gasteiger partial charge in [0.25, 0.3) is 0 Å². The molecule has 0 heterocycles. The minimum absolute atomic E-state index is 0.0316. The first-order valence-corrected chi connectivity index (χ1v) is 7.13. The second-order valence-electron chi connectivity index (χ2n) is 5.42. The molecule has 0 saturated carbocycles. The number of nitrogens with two attached hydrogens (primary N) is 1. The number of ether oxygens (including phenoxy) is 1. The second-order valence-corrected chi connectivity index (χ2v) is 5.42. The molecule has 0 spiro atoms. The van der Waals surface area contributed by atoms with Crippen molar-refractivity contribution in [2.75, 3.05) is 0 Å². The van der Waals surface area contributed by atoms with Gasteiger partial charge in [-0.1, -0.05) is 48.5 Å². The lowest BCUT2D eigenvalue weighted by atomic mass is 10.0. The third-order valence-corrected chi connectivity index (χ3v) is 3.40. The molecule has 2 nitrogen and oxygen atoms in total. The van der Waals surface area contributed by atoms with Crippen LogP contribution in [0.15, 0.2) is 48.5 Å². The van der Waals surface area contributed by atoms with Gasteiger partial charge in [0, 0.05) is 6.04 Å². The Bertz CT molecular complexity index is 549. The van der Waals surface area contributed by atoms with Crippen LogP contribution in [0.2, 0.25) is 0 Å². The summed E-state index contributed by atoms with van der Waals surface area (Å²) in [4.78, 5) is 0. The highest BCUT2D eigenvalue weighted by Crippen LogP contribution is 2.29. The van der Waals surface area contributed by atoms with E-state index < -0.39 is 0 Å². The molecule has 2 aromatic rings. The Morgan fingerprint density at radius 1 is 1.00 bits per heavy atom. The molecule has 20 heavy (non-hydrogen) atoms. The zero-order valence-corrected chi connectivity index (χ0v) is 12.5. The predicted molar refractivity (Wildman–Crippen MR) is 84.0 cm³/mol. The van der Waals surface area contributed by atoms with Crippen LogP contribution in [0.5, 0.6) is 5.75 Å². The van der Waals surface area contributed by atoms with Crippen LogP contribution in [-0.2, 0) is 6.42 Å². The van der Waals surface area contributed by atoms with Gasteiger partial charge in [-0.25, -0.2) is 0 Å². The van der Waals surface area contributed by atoms with Crippen molar-refractivity contribution in [2.24, 2.45) is 5.73 Å². The molecule has 2 heteroatoms. The van der Waals surface area contributed by atoms with Gasteiger partial charge in [0.1, 0.15) is 11.9 Å². The minimum atomic E-state index is 0.0316. The van der Waals surface area contributed by atoms with Crippen LogP contribution in [0.25, 0.3) is 0 Å². The van der Waals surface area contributed by atoms with Crippen LogP contribution in [-0.4, -0.2) is 6.04 Å². The van der Waals surface area contributed by atoms with E-state index in [4.69, 9.17) is 10.5 Å². The lowest BCUT2D eigenvalue weighted by Gasteiger charge is -2.20. The van der Waals surface area contributed by atoms with Gasteiger partial charge in [-0.3, -0.25) is 0 Å². The van der Waals surface area contributed by atoms with Gasteiger partial charge < -0.3 is 10.5 Å². The summed E-state index contributed by atoms with van der Waals surface area (Å²) < 4.78 is 6.21. The first-order chi connectivity index (χ1) is 9.58. The molecule has 2 rings (SSSR count). The lowest BCUT2D eigenvalue weighted by molar-refractivity contribution is 0.222. The molecule has 2 aromatic carbocycles. The Morgan fingerprint density at radius 3 is 2.35 bits per heavy atom. The lowest BCUT2D eigenvalue weighted by Crippen LogP contribution is -2.18. The summed E-state index contributed by atoms with van der Waals surface area (Å²) in [5, 5.41) is 0. The molecule has 0 aliphatic heterocycles. The number of rotatable bonds is 5. The number of hydrogen-bond donors (Lipinski definition) is 1. The Labute approximate surface area is 121 Å². The maximum atomic E-state index is 6.21. The van der Waals surface area contributed by atoms with Gasteiger partial charge in [0.15, 0.2) is 0 Å². The molecule has 0 fully saturated rings. The zero-order valence-electron chi connectivity index (χ0n) is 12.5. The molecule has 2 unspecified atom stereocenters. The van der Waals surface area contributed by atoms with E-state index in [1.807, 2.05) is 25.1 Å². The van der Waals surface area contributed by atoms with E-state index in [9.17, 15) is 0 Å². The highest BCUT2D eigenvalue weighted by molar-refractivity contribution is 5.41. The maximum Gasteiger partial charge on any atom is 0.126 e. The van der Waals surface area contributed by atoms with Crippen molar-refractivity contribution in [3.05, 3.63) is 65.2 Å². The van der Waals surface area contributed by atoms with Crippen molar-refractivity contribution in [1.29, 1.82) is 0 Å². The van der Waals surface area contributed by atoms with E-state index in [1.54, 1.807) is 0 Å². The molecule has 0 radical (unpaired) electrons. The number of para-hydroxylation sites is 1. The molecular weight excluding hydrogens is 246 g/mol. The van der Waals surface area contributed by atoms with Crippen LogP contribution in [0, 0.1) is 6.92 Å². The Hall–Kier alpha value is -1.80. The summed E-state index contributed by atoms with van der Waals surface area (Å²) in [6, 6.07) is 16.7. The second kappa shape index (κ2) is 6.58. The van der Waals surface area contributed by atoms with Gasteiger partial charge in [-0.2, -0.15) is 0 Å². The van der Waals surface area contributed by atoms with E-state index in [1.165, 1.54) is 11.1 Å². The van der Waals surface area contributed by atoms with Crippen molar-refractivity contribution in [3.63, 3.8) is 0 Å². The standard InChI is InChI=1S/C18H23NO/c1-13-8-7-11-17(12-14(2)19)18(13)20-15(3)16-9-5-4-6-10-16/h4-11,14-15H,12,19H2,1-3H3. The van der Waals surface area contributed by atoms with E-state index in [0.29, 0.717) is 0 Å². The zero-order chi connectivity index (χ0) is 14.5. The molecular formula is C18H23NO. The first kappa shape index (κ1) is 14.6. The Morgan fingerprint density at radius 2 is 1.70 bits per heavy atom. The van der Waals surface area contributed by atoms with E-state index in [2.05, 4.69) is 44.2 Å². The van der Waals surface area contributed by atoms with Gasteiger partial charge in [0.05, 0.1) is 0 Å². The third-order valence-electron chi connectivity index (χ3n) is 3.40. The SMILES string of the molecule is Cc1cccc(CC(C)N)c1OC(C)c1ccccc1. The normalized spacial score (nSPS) is 13.8. The average Bonchev–Trinajstić information content (AvgIpc) is 2.43. The molecule has 0 aromatic heterocycles. The molecule has 0 aliphatic carbocycles. The highest BCUT2D eigenvalue weighted by atomic mass is 16.5. The van der Waals surface area contributed by atoms with Crippen LogP contribution in [0.1, 0.15) is 36.6 Å². The summed E-state index contributed by atoms with van der Waals surface area (Å²) in [5.41, 5.74) is 9.45. The van der Waals surface area contributed by atoms with Crippen molar-refractivity contribution in [2.45, 2.75) is 39.3 Å². The molecule has 106 valence electrons. The molecule has 0 aliphatic rings. The fourth-order valence-corrected chi connectivity index (χ4v) is 2.36. The summed E-state index contributed by atoms with van der Waals surface area (Å²) in [7, 11) is 0. The Kier molecular flexibility index (Phi) is 4.80. The van der Waals surface area contributed by atoms with E-state index >= 15 is 0 Å². The molecule has 0 bridgehead atoms. The number of hydrogen-bond acceptors (Lipinski definition) is 2. The van der Waals surface area contributed by atoms with Crippen molar-refractivity contribution < 1.29 is 4.74 Å². The summed E-state index contributed by atoms with van der Waals surface area (Å²) >= 11 is 0. The summed E-state index contributed by atoms with van der Waals surface area (Å²) in [6.45, 7) is 6.18. The van der Waals surface area contributed by atoms with Gasteiger partial charge in [0.2, 0.25) is 0 Å².